The number of amides is 1. The Morgan fingerprint density at radius 1 is 1.04 bits per heavy atom. The molecular weight excluding hydrogens is 334 g/mol. The Labute approximate surface area is 153 Å². The number of hydrogen-bond donors (Lipinski definition) is 2. The van der Waals surface area contributed by atoms with Gasteiger partial charge in [-0.15, -0.1) is 0 Å². The molecule has 2 N–H and O–H groups in total. The molecule has 0 spiro atoms. The molecule has 0 saturated carbocycles. The topological polar surface area (TPSA) is 49.3 Å². The van der Waals surface area contributed by atoms with E-state index in [4.69, 9.17) is 11.6 Å². The van der Waals surface area contributed by atoms with E-state index in [1.807, 2.05) is 52.0 Å². The minimum Gasteiger partial charge on any atom is -0.507 e. The van der Waals surface area contributed by atoms with Gasteiger partial charge in [-0.25, -0.2) is 0 Å². The third kappa shape index (κ3) is 3.29. The molecule has 0 aromatic heterocycles. The summed E-state index contributed by atoms with van der Waals surface area (Å²) in [5.41, 5.74) is 4.86. The highest BCUT2D eigenvalue weighted by Gasteiger charge is 2.24. The van der Waals surface area contributed by atoms with Gasteiger partial charge < -0.3 is 10.4 Å². The van der Waals surface area contributed by atoms with Crippen molar-refractivity contribution in [3.05, 3.63) is 57.6 Å². The van der Waals surface area contributed by atoms with Crippen LogP contribution in [0, 0.1) is 0 Å². The fourth-order valence-corrected chi connectivity index (χ4v) is 3.31. The average Bonchev–Trinajstić information content (AvgIpc) is 2.83. The van der Waals surface area contributed by atoms with E-state index in [0.29, 0.717) is 16.3 Å². The van der Waals surface area contributed by atoms with Crippen molar-refractivity contribution >= 4 is 34.8 Å². The molecule has 130 valence electrons. The van der Waals surface area contributed by atoms with E-state index < -0.39 is 0 Å². The lowest BCUT2D eigenvalue weighted by atomic mass is 9.90. The lowest BCUT2D eigenvalue weighted by Crippen LogP contribution is -2.04. The third-order valence-corrected chi connectivity index (χ3v) is 4.75. The van der Waals surface area contributed by atoms with E-state index in [2.05, 4.69) is 5.32 Å². The van der Waals surface area contributed by atoms with Gasteiger partial charge in [0.15, 0.2) is 0 Å². The van der Waals surface area contributed by atoms with E-state index in [0.717, 1.165) is 27.9 Å². The molecule has 3 nitrogen and oxygen atoms in total. The second kappa shape index (κ2) is 6.57. The molecule has 4 heteroatoms. The Hall–Kier alpha value is -2.26. The van der Waals surface area contributed by atoms with Crippen molar-refractivity contribution < 1.29 is 9.90 Å². The summed E-state index contributed by atoms with van der Waals surface area (Å²) in [7, 11) is 0. The lowest BCUT2D eigenvalue weighted by molar-refractivity contribution is -0.110. The second-order valence-corrected chi connectivity index (χ2v) is 7.50. The van der Waals surface area contributed by atoms with Crippen molar-refractivity contribution in [2.75, 3.05) is 5.32 Å². The molecule has 0 saturated heterocycles. The number of halogens is 1. The van der Waals surface area contributed by atoms with Crippen molar-refractivity contribution in [3.8, 4) is 5.75 Å². The first kappa shape index (κ1) is 17.6. The summed E-state index contributed by atoms with van der Waals surface area (Å²) in [5, 5.41) is 14.0. The van der Waals surface area contributed by atoms with Crippen LogP contribution in [0.2, 0.25) is 5.02 Å². The van der Waals surface area contributed by atoms with Crippen LogP contribution in [-0.2, 0) is 4.79 Å². The van der Waals surface area contributed by atoms with Gasteiger partial charge in [-0.3, -0.25) is 4.79 Å². The zero-order chi connectivity index (χ0) is 18.3. The Bertz CT molecular complexity index is 852. The first-order valence-electron chi connectivity index (χ1n) is 8.47. The number of phenols is 1. The number of carbonyl (C=O) groups excluding carboxylic acids is 1. The fraction of sp³-hybridized carbons (Fsp3) is 0.286. The Balaban J connectivity index is 2.16. The zero-order valence-electron chi connectivity index (χ0n) is 14.9. The van der Waals surface area contributed by atoms with E-state index in [9.17, 15) is 9.90 Å². The lowest BCUT2D eigenvalue weighted by Gasteiger charge is -2.16. The van der Waals surface area contributed by atoms with Crippen molar-refractivity contribution in [1.29, 1.82) is 0 Å². The molecule has 1 heterocycles. The third-order valence-electron chi connectivity index (χ3n) is 4.51. The molecule has 3 rings (SSSR count). The van der Waals surface area contributed by atoms with Crippen molar-refractivity contribution in [3.63, 3.8) is 0 Å². The highest BCUT2D eigenvalue weighted by atomic mass is 35.5. The molecule has 0 unspecified atom stereocenters. The highest BCUT2D eigenvalue weighted by Crippen LogP contribution is 2.38. The quantitative estimate of drug-likeness (QED) is 0.685. The van der Waals surface area contributed by atoms with Gasteiger partial charge >= 0.3 is 0 Å². The first-order chi connectivity index (χ1) is 11.8. The first-order valence-corrected chi connectivity index (χ1v) is 8.85. The van der Waals surface area contributed by atoms with Crippen molar-refractivity contribution in [1.82, 2.24) is 0 Å². The number of anilines is 1. The van der Waals surface area contributed by atoms with E-state index in [1.54, 1.807) is 12.1 Å². The molecule has 0 radical (unpaired) electrons. The monoisotopic (exact) mass is 355 g/mol. The molecule has 0 aliphatic carbocycles. The maximum Gasteiger partial charge on any atom is 0.256 e. The van der Waals surface area contributed by atoms with Crippen LogP contribution in [0.4, 0.5) is 5.69 Å². The summed E-state index contributed by atoms with van der Waals surface area (Å²) >= 11 is 6.09. The molecule has 1 amide bonds. The number of rotatable bonds is 3. The summed E-state index contributed by atoms with van der Waals surface area (Å²) in [4.78, 5) is 12.4. The minimum atomic E-state index is -0.137. The van der Waals surface area contributed by atoms with Gasteiger partial charge in [-0.2, -0.15) is 0 Å². The molecule has 2 aromatic rings. The summed E-state index contributed by atoms with van der Waals surface area (Å²) < 4.78 is 0. The Morgan fingerprint density at radius 2 is 1.64 bits per heavy atom. The van der Waals surface area contributed by atoms with Crippen LogP contribution in [0.15, 0.2) is 30.3 Å². The van der Waals surface area contributed by atoms with Gasteiger partial charge in [0, 0.05) is 21.8 Å². The molecule has 1 aliphatic heterocycles. The molecule has 2 aromatic carbocycles. The zero-order valence-corrected chi connectivity index (χ0v) is 15.6. The van der Waals surface area contributed by atoms with Crippen LogP contribution in [0.25, 0.3) is 11.6 Å². The summed E-state index contributed by atoms with van der Waals surface area (Å²) in [5.74, 6) is 0.596. The number of phenolic OH excluding ortho intramolecular Hbond substituents is 1. The average molecular weight is 356 g/mol. The SMILES string of the molecule is CC(C)c1cc(/C=C2/C(=O)Nc3ccc(Cl)cc32)cc(C(C)C)c1O. The number of benzene rings is 2. The van der Waals surface area contributed by atoms with Crippen LogP contribution < -0.4 is 5.32 Å². The summed E-state index contributed by atoms with van der Waals surface area (Å²) in [6.45, 7) is 8.20. The summed E-state index contributed by atoms with van der Waals surface area (Å²) in [6.07, 6.45) is 1.87. The standard InChI is InChI=1S/C21H22ClNO2/c1-11(2)15-7-13(8-16(12(3)4)20(15)24)9-18-17-10-14(22)5-6-19(17)23-21(18)25/h5-12,24H,1-4H3,(H,23,25)/b18-9+. The van der Waals surface area contributed by atoms with Crippen molar-refractivity contribution in [2.45, 2.75) is 39.5 Å². The van der Waals surface area contributed by atoms with Crippen LogP contribution in [-0.4, -0.2) is 11.0 Å². The van der Waals surface area contributed by atoms with E-state index in [1.165, 1.54) is 0 Å². The molecule has 0 atom stereocenters. The minimum absolute atomic E-state index is 0.137. The predicted molar refractivity (Wildman–Crippen MR) is 104 cm³/mol. The van der Waals surface area contributed by atoms with Gasteiger partial charge in [0.25, 0.3) is 5.91 Å². The second-order valence-electron chi connectivity index (χ2n) is 7.06. The van der Waals surface area contributed by atoms with Gasteiger partial charge in [0.05, 0.1) is 0 Å². The highest BCUT2D eigenvalue weighted by molar-refractivity contribution is 6.36. The maximum atomic E-state index is 12.4. The van der Waals surface area contributed by atoms with Gasteiger partial charge in [-0.05, 0) is 64.9 Å². The predicted octanol–water partition coefficient (Wildman–Crippen LogP) is 5.79. The Kier molecular flexibility index (Phi) is 4.61. The van der Waals surface area contributed by atoms with E-state index in [-0.39, 0.29) is 17.7 Å². The van der Waals surface area contributed by atoms with E-state index >= 15 is 0 Å². The number of hydrogen-bond acceptors (Lipinski definition) is 2. The number of nitrogens with one attached hydrogen (secondary N) is 1. The van der Waals surface area contributed by atoms with Gasteiger partial charge in [0.1, 0.15) is 5.75 Å². The molecule has 0 fully saturated rings. The molecule has 25 heavy (non-hydrogen) atoms. The molecular formula is C21H22ClNO2. The molecule has 1 aliphatic rings. The van der Waals surface area contributed by atoms with Crippen LogP contribution in [0.1, 0.15) is 61.8 Å². The number of aromatic hydroxyl groups is 1. The van der Waals surface area contributed by atoms with Crippen LogP contribution >= 0.6 is 11.6 Å². The number of fused-ring (bicyclic) bond motifs is 1. The van der Waals surface area contributed by atoms with Crippen LogP contribution in [0.5, 0.6) is 5.75 Å². The van der Waals surface area contributed by atoms with Crippen molar-refractivity contribution in [2.24, 2.45) is 0 Å². The summed E-state index contributed by atoms with van der Waals surface area (Å²) in [6, 6.07) is 9.28. The van der Waals surface area contributed by atoms with Crippen LogP contribution in [0.3, 0.4) is 0 Å². The maximum absolute atomic E-state index is 12.4. The largest absolute Gasteiger partial charge is 0.507 e. The fourth-order valence-electron chi connectivity index (χ4n) is 3.14. The normalized spacial score (nSPS) is 15.2. The van der Waals surface area contributed by atoms with Gasteiger partial charge in [0.2, 0.25) is 0 Å². The Morgan fingerprint density at radius 3 is 2.20 bits per heavy atom. The molecule has 0 bridgehead atoms. The van der Waals surface area contributed by atoms with Gasteiger partial charge in [-0.1, -0.05) is 39.3 Å². The smallest absolute Gasteiger partial charge is 0.256 e. The number of carbonyl (C=O) groups is 1.